The lowest BCUT2D eigenvalue weighted by Crippen LogP contribution is -2.30. The fourth-order valence-electron chi connectivity index (χ4n) is 1.18. The highest BCUT2D eigenvalue weighted by molar-refractivity contribution is 5.01. The predicted molar refractivity (Wildman–Crippen MR) is 51.7 cm³/mol. The van der Waals surface area contributed by atoms with Crippen LogP contribution in [0.25, 0.3) is 0 Å². The average molecular weight is 155 g/mol. The van der Waals surface area contributed by atoms with Gasteiger partial charge in [-0.15, -0.1) is 0 Å². The van der Waals surface area contributed by atoms with Crippen LogP contribution in [-0.2, 0) is 0 Å². The van der Waals surface area contributed by atoms with Crippen LogP contribution in [0.1, 0.15) is 34.1 Å². The monoisotopic (exact) mass is 155 g/mol. The van der Waals surface area contributed by atoms with E-state index in [2.05, 4.69) is 39.6 Å². The van der Waals surface area contributed by atoms with Gasteiger partial charge >= 0.3 is 0 Å². The van der Waals surface area contributed by atoms with Gasteiger partial charge in [-0.2, -0.15) is 0 Å². The van der Waals surface area contributed by atoms with Gasteiger partial charge in [0.2, 0.25) is 0 Å². The lowest BCUT2D eigenvalue weighted by molar-refractivity contribution is 0.467. The van der Waals surface area contributed by atoms with Crippen LogP contribution in [0.4, 0.5) is 0 Å². The zero-order valence-electron chi connectivity index (χ0n) is 8.28. The Morgan fingerprint density at radius 1 is 1.45 bits per heavy atom. The summed E-state index contributed by atoms with van der Waals surface area (Å²) in [5, 5.41) is 3.41. The molecule has 0 amide bonds. The number of likely N-dealkylation sites (N-methyl/N-ethyl adjacent to an activating group) is 1. The molecule has 0 aromatic carbocycles. The van der Waals surface area contributed by atoms with Gasteiger partial charge in [0.1, 0.15) is 0 Å². The number of rotatable bonds is 5. The topological polar surface area (TPSA) is 12.0 Å². The summed E-state index contributed by atoms with van der Waals surface area (Å²) >= 11 is 0. The molecule has 0 bridgehead atoms. The van der Waals surface area contributed by atoms with Crippen LogP contribution < -0.4 is 5.32 Å². The summed E-state index contributed by atoms with van der Waals surface area (Å²) in [7, 11) is 0. The Hall–Kier alpha value is -0.300. The summed E-state index contributed by atoms with van der Waals surface area (Å²) in [6.45, 7) is 13.7. The standard InChI is InChI=1S/C10H21N/c1-6-11-10(9(4)5)7-8(2)3/h8,10-11H,4,6-7H2,1-3,5H3. The van der Waals surface area contributed by atoms with Crippen LogP contribution in [0.5, 0.6) is 0 Å². The molecule has 0 rings (SSSR count). The fourth-order valence-corrected chi connectivity index (χ4v) is 1.18. The molecule has 0 heterocycles. The molecule has 1 heteroatoms. The molecule has 1 nitrogen and oxygen atoms in total. The molecule has 1 unspecified atom stereocenters. The largest absolute Gasteiger partial charge is 0.311 e. The van der Waals surface area contributed by atoms with Gasteiger partial charge in [0.15, 0.2) is 0 Å². The molecule has 66 valence electrons. The van der Waals surface area contributed by atoms with Crippen molar-refractivity contribution in [1.29, 1.82) is 0 Å². The number of hydrogen-bond donors (Lipinski definition) is 1. The normalized spacial score (nSPS) is 13.5. The van der Waals surface area contributed by atoms with Crippen molar-refractivity contribution in [1.82, 2.24) is 5.32 Å². The summed E-state index contributed by atoms with van der Waals surface area (Å²) in [6, 6.07) is 0.514. The molecule has 1 N–H and O–H groups in total. The second-order valence-electron chi connectivity index (χ2n) is 3.59. The van der Waals surface area contributed by atoms with Gasteiger partial charge in [-0.1, -0.05) is 32.9 Å². The molecular weight excluding hydrogens is 134 g/mol. The maximum Gasteiger partial charge on any atom is 0.0276 e. The number of nitrogens with one attached hydrogen (secondary N) is 1. The molecule has 0 spiro atoms. The molecule has 0 aliphatic heterocycles. The van der Waals surface area contributed by atoms with Gasteiger partial charge in [-0.3, -0.25) is 0 Å². The van der Waals surface area contributed by atoms with E-state index in [9.17, 15) is 0 Å². The first-order chi connectivity index (χ1) is 5.07. The van der Waals surface area contributed by atoms with Crippen molar-refractivity contribution < 1.29 is 0 Å². The highest BCUT2D eigenvalue weighted by Crippen LogP contribution is 2.10. The Bertz CT molecular complexity index is 116. The SMILES string of the molecule is C=C(C)C(CC(C)C)NCC. The van der Waals surface area contributed by atoms with E-state index in [1.165, 1.54) is 12.0 Å². The van der Waals surface area contributed by atoms with Gasteiger partial charge in [-0.25, -0.2) is 0 Å². The second-order valence-corrected chi connectivity index (χ2v) is 3.59. The molecule has 0 fully saturated rings. The molecule has 0 radical (unpaired) electrons. The van der Waals surface area contributed by atoms with Gasteiger partial charge in [-0.05, 0) is 25.8 Å². The highest BCUT2D eigenvalue weighted by atomic mass is 14.9. The van der Waals surface area contributed by atoms with Gasteiger partial charge in [0.05, 0.1) is 0 Å². The minimum absolute atomic E-state index is 0.514. The van der Waals surface area contributed by atoms with Crippen molar-refractivity contribution >= 4 is 0 Å². The van der Waals surface area contributed by atoms with Crippen molar-refractivity contribution in [2.45, 2.75) is 40.2 Å². The Labute approximate surface area is 70.9 Å². The minimum atomic E-state index is 0.514. The van der Waals surface area contributed by atoms with Crippen molar-refractivity contribution in [2.24, 2.45) is 5.92 Å². The van der Waals surface area contributed by atoms with E-state index < -0.39 is 0 Å². The smallest absolute Gasteiger partial charge is 0.0276 e. The van der Waals surface area contributed by atoms with Crippen molar-refractivity contribution in [3.8, 4) is 0 Å². The van der Waals surface area contributed by atoms with E-state index >= 15 is 0 Å². The van der Waals surface area contributed by atoms with Crippen molar-refractivity contribution in [3.63, 3.8) is 0 Å². The fraction of sp³-hybridized carbons (Fsp3) is 0.800. The van der Waals surface area contributed by atoms with Gasteiger partial charge in [0, 0.05) is 6.04 Å². The number of hydrogen-bond acceptors (Lipinski definition) is 1. The third-order valence-electron chi connectivity index (χ3n) is 1.75. The molecule has 1 atom stereocenters. The highest BCUT2D eigenvalue weighted by Gasteiger charge is 2.08. The summed E-state index contributed by atoms with van der Waals surface area (Å²) in [5.41, 5.74) is 1.25. The maximum absolute atomic E-state index is 3.96. The summed E-state index contributed by atoms with van der Waals surface area (Å²) in [5.74, 6) is 0.746. The first-order valence-electron chi connectivity index (χ1n) is 4.46. The van der Waals surface area contributed by atoms with Crippen LogP contribution in [0.15, 0.2) is 12.2 Å². The van der Waals surface area contributed by atoms with E-state index in [1.54, 1.807) is 0 Å². The molecule has 0 aliphatic carbocycles. The third kappa shape index (κ3) is 5.02. The Kier molecular flexibility index (Phi) is 5.22. The maximum atomic E-state index is 3.96. The quantitative estimate of drug-likeness (QED) is 0.602. The van der Waals surface area contributed by atoms with Gasteiger partial charge in [0.25, 0.3) is 0 Å². The van der Waals surface area contributed by atoms with E-state index in [4.69, 9.17) is 0 Å². The lowest BCUT2D eigenvalue weighted by Gasteiger charge is -2.19. The Morgan fingerprint density at radius 3 is 2.27 bits per heavy atom. The molecule has 0 saturated carbocycles. The van der Waals surface area contributed by atoms with E-state index in [0.717, 1.165) is 12.5 Å². The summed E-state index contributed by atoms with van der Waals surface area (Å²) in [6.07, 6.45) is 1.20. The zero-order chi connectivity index (χ0) is 8.85. The van der Waals surface area contributed by atoms with Crippen LogP contribution >= 0.6 is 0 Å². The first-order valence-corrected chi connectivity index (χ1v) is 4.46. The van der Waals surface area contributed by atoms with Gasteiger partial charge < -0.3 is 5.32 Å². The Morgan fingerprint density at radius 2 is 2.00 bits per heavy atom. The molecular formula is C10H21N. The molecule has 0 aliphatic rings. The van der Waals surface area contributed by atoms with Crippen LogP contribution in [0.3, 0.4) is 0 Å². The van der Waals surface area contributed by atoms with E-state index in [0.29, 0.717) is 6.04 Å². The lowest BCUT2D eigenvalue weighted by atomic mass is 9.99. The first kappa shape index (κ1) is 10.7. The van der Waals surface area contributed by atoms with E-state index in [1.807, 2.05) is 0 Å². The molecule has 0 saturated heterocycles. The minimum Gasteiger partial charge on any atom is -0.311 e. The van der Waals surface area contributed by atoms with Crippen LogP contribution in [0, 0.1) is 5.92 Å². The van der Waals surface area contributed by atoms with Crippen LogP contribution in [0.2, 0.25) is 0 Å². The summed E-state index contributed by atoms with van der Waals surface area (Å²) < 4.78 is 0. The second kappa shape index (κ2) is 5.36. The Balaban J connectivity index is 3.79. The van der Waals surface area contributed by atoms with Crippen LogP contribution in [-0.4, -0.2) is 12.6 Å². The summed E-state index contributed by atoms with van der Waals surface area (Å²) in [4.78, 5) is 0. The zero-order valence-corrected chi connectivity index (χ0v) is 8.28. The molecule has 11 heavy (non-hydrogen) atoms. The molecule has 0 aromatic rings. The van der Waals surface area contributed by atoms with Crippen molar-refractivity contribution in [2.75, 3.05) is 6.54 Å². The molecule has 0 aromatic heterocycles. The predicted octanol–water partition coefficient (Wildman–Crippen LogP) is 2.59. The third-order valence-corrected chi connectivity index (χ3v) is 1.75. The van der Waals surface area contributed by atoms with Crippen molar-refractivity contribution in [3.05, 3.63) is 12.2 Å². The van der Waals surface area contributed by atoms with E-state index in [-0.39, 0.29) is 0 Å². The average Bonchev–Trinajstić information content (AvgIpc) is 1.86.